The largest absolute Gasteiger partial charge is 0.492 e. The molecule has 0 unspecified atom stereocenters. The number of para-hydroxylation sites is 1. The van der Waals surface area contributed by atoms with Gasteiger partial charge in [0.1, 0.15) is 23.9 Å². The van der Waals surface area contributed by atoms with Crippen molar-refractivity contribution in [2.75, 3.05) is 70.7 Å². The van der Waals surface area contributed by atoms with Crippen LogP contribution >= 0.6 is 0 Å². The standard InChI is InChI=1S/C27H30N4O4/c1-2-4-24-22(3-1)23-17-20(5-6-25(23)28-24)35-27-19-21(34-16-9-30-7-12-32-13-8-30)18-26(29-27)31-10-14-33-15-11-31/h1-6,17-19,28H,7-16H2. The van der Waals surface area contributed by atoms with Gasteiger partial charge in [0.05, 0.1) is 26.4 Å². The highest BCUT2D eigenvalue weighted by atomic mass is 16.5. The molecule has 0 saturated carbocycles. The molecule has 182 valence electrons. The fraction of sp³-hybridized carbons (Fsp3) is 0.370. The summed E-state index contributed by atoms with van der Waals surface area (Å²) in [4.78, 5) is 12.9. The number of pyridine rings is 1. The van der Waals surface area contributed by atoms with Gasteiger partial charge in [-0.2, -0.15) is 4.98 Å². The molecule has 4 aromatic rings. The van der Waals surface area contributed by atoms with Gasteiger partial charge in [-0.3, -0.25) is 4.90 Å². The summed E-state index contributed by atoms with van der Waals surface area (Å²) in [6, 6.07) is 18.3. The van der Waals surface area contributed by atoms with Crippen molar-refractivity contribution < 1.29 is 18.9 Å². The summed E-state index contributed by atoms with van der Waals surface area (Å²) in [5, 5.41) is 2.31. The van der Waals surface area contributed by atoms with Gasteiger partial charge < -0.3 is 28.8 Å². The predicted octanol–water partition coefficient (Wildman–Crippen LogP) is 4.06. The highest BCUT2D eigenvalue weighted by Gasteiger charge is 2.17. The van der Waals surface area contributed by atoms with Crippen molar-refractivity contribution in [3.05, 3.63) is 54.6 Å². The van der Waals surface area contributed by atoms with E-state index >= 15 is 0 Å². The van der Waals surface area contributed by atoms with E-state index in [1.54, 1.807) is 0 Å². The number of anilines is 1. The minimum Gasteiger partial charge on any atom is -0.492 e. The van der Waals surface area contributed by atoms with Crippen molar-refractivity contribution in [2.24, 2.45) is 0 Å². The molecule has 1 N–H and O–H groups in total. The smallest absolute Gasteiger partial charge is 0.224 e. The van der Waals surface area contributed by atoms with Crippen molar-refractivity contribution in [1.29, 1.82) is 0 Å². The lowest BCUT2D eigenvalue weighted by Crippen LogP contribution is -2.38. The normalized spacial score (nSPS) is 17.2. The molecule has 2 saturated heterocycles. The summed E-state index contributed by atoms with van der Waals surface area (Å²) in [6.45, 7) is 7.92. The summed E-state index contributed by atoms with van der Waals surface area (Å²) in [7, 11) is 0. The first-order valence-electron chi connectivity index (χ1n) is 12.3. The first kappa shape index (κ1) is 22.2. The summed E-state index contributed by atoms with van der Waals surface area (Å²) < 4.78 is 23.4. The van der Waals surface area contributed by atoms with E-state index in [1.807, 2.05) is 24.3 Å². The maximum Gasteiger partial charge on any atom is 0.224 e. The molecule has 8 nitrogen and oxygen atoms in total. The first-order chi connectivity index (χ1) is 17.3. The number of benzene rings is 2. The molecule has 4 heterocycles. The number of H-pyrrole nitrogens is 1. The molecular weight excluding hydrogens is 444 g/mol. The summed E-state index contributed by atoms with van der Waals surface area (Å²) >= 11 is 0. The van der Waals surface area contributed by atoms with Crippen LogP contribution in [0, 0.1) is 0 Å². The minimum absolute atomic E-state index is 0.523. The molecule has 2 aromatic carbocycles. The van der Waals surface area contributed by atoms with Gasteiger partial charge in [-0.05, 0) is 24.3 Å². The highest BCUT2D eigenvalue weighted by molar-refractivity contribution is 6.07. The average Bonchev–Trinajstić information content (AvgIpc) is 3.28. The number of morpholine rings is 2. The fourth-order valence-corrected chi connectivity index (χ4v) is 4.69. The van der Waals surface area contributed by atoms with Gasteiger partial charge in [-0.1, -0.05) is 18.2 Å². The highest BCUT2D eigenvalue weighted by Crippen LogP contribution is 2.32. The lowest BCUT2D eigenvalue weighted by Gasteiger charge is -2.28. The molecule has 2 aromatic heterocycles. The van der Waals surface area contributed by atoms with Crippen LogP contribution in [-0.4, -0.2) is 80.6 Å². The molecule has 2 aliphatic heterocycles. The Kier molecular flexibility index (Phi) is 6.40. The second-order valence-corrected chi connectivity index (χ2v) is 8.88. The van der Waals surface area contributed by atoms with Crippen LogP contribution < -0.4 is 14.4 Å². The number of nitrogens with one attached hydrogen (secondary N) is 1. The van der Waals surface area contributed by atoms with Crippen molar-refractivity contribution in [3.63, 3.8) is 0 Å². The van der Waals surface area contributed by atoms with Gasteiger partial charge in [0.25, 0.3) is 0 Å². The van der Waals surface area contributed by atoms with E-state index in [0.717, 1.165) is 79.7 Å². The van der Waals surface area contributed by atoms with Gasteiger partial charge in [0.2, 0.25) is 5.88 Å². The van der Waals surface area contributed by atoms with Crippen LogP contribution in [0.15, 0.2) is 54.6 Å². The Morgan fingerprint density at radius 2 is 1.57 bits per heavy atom. The van der Waals surface area contributed by atoms with Gasteiger partial charge in [-0.25, -0.2) is 0 Å². The van der Waals surface area contributed by atoms with Crippen molar-refractivity contribution >= 4 is 27.6 Å². The second kappa shape index (κ2) is 10.1. The predicted molar refractivity (Wildman–Crippen MR) is 136 cm³/mol. The topological polar surface area (TPSA) is 72.1 Å². The monoisotopic (exact) mass is 474 g/mol. The Morgan fingerprint density at radius 1 is 0.800 bits per heavy atom. The first-order valence-corrected chi connectivity index (χ1v) is 12.3. The lowest BCUT2D eigenvalue weighted by atomic mass is 10.1. The third-order valence-corrected chi connectivity index (χ3v) is 6.58. The van der Waals surface area contributed by atoms with Crippen LogP contribution in [0.3, 0.4) is 0 Å². The number of rotatable bonds is 7. The van der Waals surface area contributed by atoms with Crippen LogP contribution in [0.4, 0.5) is 5.82 Å². The van der Waals surface area contributed by atoms with Crippen LogP contribution in [-0.2, 0) is 9.47 Å². The maximum absolute atomic E-state index is 6.28. The maximum atomic E-state index is 6.28. The Labute approximate surface area is 204 Å². The molecule has 2 aliphatic rings. The molecule has 2 fully saturated rings. The fourth-order valence-electron chi connectivity index (χ4n) is 4.69. The molecule has 0 bridgehead atoms. The van der Waals surface area contributed by atoms with Crippen molar-refractivity contribution in [1.82, 2.24) is 14.9 Å². The van der Waals surface area contributed by atoms with E-state index in [-0.39, 0.29) is 0 Å². The van der Waals surface area contributed by atoms with E-state index in [0.29, 0.717) is 25.7 Å². The number of fused-ring (bicyclic) bond motifs is 3. The molecule has 6 rings (SSSR count). The number of hydrogen-bond acceptors (Lipinski definition) is 7. The van der Waals surface area contributed by atoms with E-state index in [1.165, 1.54) is 5.39 Å². The Hall–Kier alpha value is -3.33. The van der Waals surface area contributed by atoms with E-state index in [4.69, 9.17) is 23.9 Å². The number of aromatic nitrogens is 2. The average molecular weight is 475 g/mol. The van der Waals surface area contributed by atoms with Gasteiger partial charge >= 0.3 is 0 Å². The van der Waals surface area contributed by atoms with E-state index in [9.17, 15) is 0 Å². The third-order valence-electron chi connectivity index (χ3n) is 6.58. The quantitative estimate of drug-likeness (QED) is 0.433. The number of ether oxygens (including phenoxy) is 4. The lowest BCUT2D eigenvalue weighted by molar-refractivity contribution is 0.0322. The Morgan fingerprint density at radius 3 is 2.43 bits per heavy atom. The zero-order valence-corrected chi connectivity index (χ0v) is 19.7. The molecule has 0 radical (unpaired) electrons. The summed E-state index contributed by atoms with van der Waals surface area (Å²) in [5.74, 6) is 2.88. The van der Waals surface area contributed by atoms with Gasteiger partial charge in [-0.15, -0.1) is 0 Å². The van der Waals surface area contributed by atoms with Gasteiger partial charge in [0, 0.05) is 66.7 Å². The molecule has 35 heavy (non-hydrogen) atoms. The Balaban J connectivity index is 1.24. The number of nitrogens with zero attached hydrogens (tertiary/aromatic N) is 3. The zero-order valence-electron chi connectivity index (χ0n) is 19.7. The third kappa shape index (κ3) is 5.05. The molecule has 0 amide bonds. The van der Waals surface area contributed by atoms with Crippen molar-refractivity contribution in [3.8, 4) is 17.4 Å². The molecular formula is C27H30N4O4. The zero-order chi connectivity index (χ0) is 23.5. The second-order valence-electron chi connectivity index (χ2n) is 8.88. The van der Waals surface area contributed by atoms with Crippen LogP contribution in [0.2, 0.25) is 0 Å². The molecule has 0 atom stereocenters. The van der Waals surface area contributed by atoms with E-state index < -0.39 is 0 Å². The van der Waals surface area contributed by atoms with Crippen molar-refractivity contribution in [2.45, 2.75) is 0 Å². The SMILES string of the molecule is c1ccc2c(c1)[nH]c1ccc(Oc3cc(OCCN4CCOCC4)cc(N4CCOCC4)n3)cc12. The summed E-state index contributed by atoms with van der Waals surface area (Å²) in [5.41, 5.74) is 2.20. The molecule has 8 heteroatoms. The number of aromatic amines is 1. The van der Waals surface area contributed by atoms with Crippen LogP contribution in [0.1, 0.15) is 0 Å². The minimum atomic E-state index is 0.523. The van der Waals surface area contributed by atoms with E-state index in [2.05, 4.69) is 45.1 Å². The molecule has 0 aliphatic carbocycles. The molecule has 0 spiro atoms. The van der Waals surface area contributed by atoms with Crippen LogP contribution in [0.5, 0.6) is 17.4 Å². The van der Waals surface area contributed by atoms with Gasteiger partial charge in [0.15, 0.2) is 0 Å². The Bertz CT molecular complexity index is 1300. The van der Waals surface area contributed by atoms with Crippen LogP contribution in [0.25, 0.3) is 21.8 Å². The number of hydrogen-bond donors (Lipinski definition) is 1. The summed E-state index contributed by atoms with van der Waals surface area (Å²) in [6.07, 6.45) is 0.